The summed E-state index contributed by atoms with van der Waals surface area (Å²) < 4.78 is 0. The Kier molecular flexibility index (Phi) is 4.99. The third-order valence-electron chi connectivity index (χ3n) is 3.86. The summed E-state index contributed by atoms with van der Waals surface area (Å²) in [4.78, 5) is 17.8. The van der Waals surface area contributed by atoms with Crippen molar-refractivity contribution in [2.75, 3.05) is 49.5 Å². The molecule has 0 atom stereocenters. The van der Waals surface area contributed by atoms with Crippen LogP contribution in [0, 0.1) is 6.92 Å². The summed E-state index contributed by atoms with van der Waals surface area (Å²) in [6.07, 6.45) is 1.75. The lowest BCUT2D eigenvalue weighted by atomic mass is 10.3. The first-order chi connectivity index (χ1) is 11.2. The molecule has 7 heteroatoms. The van der Waals surface area contributed by atoms with Crippen LogP contribution in [0.5, 0.6) is 0 Å². The molecule has 2 N–H and O–H groups in total. The Morgan fingerprint density at radius 3 is 2.65 bits per heavy atom. The first-order valence-electron chi connectivity index (χ1n) is 7.86. The van der Waals surface area contributed by atoms with Gasteiger partial charge in [0.05, 0.1) is 6.61 Å². The van der Waals surface area contributed by atoms with E-state index in [0.29, 0.717) is 0 Å². The number of aryl methyl sites for hydroxylation is 1. The summed E-state index contributed by atoms with van der Waals surface area (Å²) in [6, 6.07) is 7.69. The number of hydrogen-bond acceptors (Lipinski definition) is 7. The van der Waals surface area contributed by atoms with Crippen molar-refractivity contribution >= 4 is 17.5 Å². The van der Waals surface area contributed by atoms with Gasteiger partial charge in [-0.2, -0.15) is 0 Å². The van der Waals surface area contributed by atoms with Gasteiger partial charge in [-0.25, -0.2) is 15.0 Å². The van der Waals surface area contributed by atoms with Crippen molar-refractivity contribution in [1.82, 2.24) is 19.9 Å². The molecule has 7 nitrogen and oxygen atoms in total. The summed E-state index contributed by atoms with van der Waals surface area (Å²) in [6.45, 7) is 6.53. The van der Waals surface area contributed by atoms with E-state index in [1.165, 1.54) is 0 Å². The Morgan fingerprint density at radius 1 is 1.13 bits per heavy atom. The fourth-order valence-electron chi connectivity index (χ4n) is 2.69. The van der Waals surface area contributed by atoms with E-state index in [-0.39, 0.29) is 6.61 Å². The molecule has 0 radical (unpaired) electrons. The van der Waals surface area contributed by atoms with Gasteiger partial charge >= 0.3 is 0 Å². The zero-order chi connectivity index (χ0) is 16.1. The van der Waals surface area contributed by atoms with Crippen LogP contribution < -0.4 is 10.2 Å². The molecule has 0 spiro atoms. The molecule has 122 valence electrons. The molecule has 1 aliphatic heterocycles. The van der Waals surface area contributed by atoms with E-state index in [9.17, 15) is 0 Å². The fourth-order valence-corrected chi connectivity index (χ4v) is 2.69. The number of rotatable bonds is 5. The zero-order valence-electron chi connectivity index (χ0n) is 13.3. The van der Waals surface area contributed by atoms with Crippen LogP contribution in [-0.4, -0.2) is 64.3 Å². The molecule has 2 aromatic heterocycles. The molecule has 3 heterocycles. The largest absolute Gasteiger partial charge is 0.395 e. The van der Waals surface area contributed by atoms with Crippen molar-refractivity contribution < 1.29 is 5.11 Å². The van der Waals surface area contributed by atoms with E-state index in [2.05, 4.69) is 30.1 Å². The number of aliphatic hydroxyl groups is 1. The van der Waals surface area contributed by atoms with Crippen LogP contribution in [0.2, 0.25) is 0 Å². The summed E-state index contributed by atoms with van der Waals surface area (Å²) in [5.41, 5.74) is 0. The molecular formula is C16H22N6O. The lowest BCUT2D eigenvalue weighted by molar-refractivity contribution is 0.188. The fraction of sp³-hybridized carbons (Fsp3) is 0.438. The normalized spacial score (nSPS) is 15.7. The summed E-state index contributed by atoms with van der Waals surface area (Å²) >= 11 is 0. The van der Waals surface area contributed by atoms with E-state index in [1.54, 1.807) is 6.20 Å². The molecule has 23 heavy (non-hydrogen) atoms. The van der Waals surface area contributed by atoms with Crippen LogP contribution in [0.1, 0.15) is 5.82 Å². The van der Waals surface area contributed by atoms with Gasteiger partial charge in [-0.3, -0.25) is 4.90 Å². The number of anilines is 3. The zero-order valence-corrected chi connectivity index (χ0v) is 13.3. The summed E-state index contributed by atoms with van der Waals surface area (Å²) in [7, 11) is 0. The lowest BCUT2D eigenvalue weighted by Gasteiger charge is -2.35. The number of nitrogens with zero attached hydrogens (tertiary/aromatic N) is 5. The van der Waals surface area contributed by atoms with Crippen molar-refractivity contribution in [1.29, 1.82) is 0 Å². The molecule has 0 amide bonds. The summed E-state index contributed by atoms with van der Waals surface area (Å²) in [5.74, 6) is 3.19. The van der Waals surface area contributed by atoms with Crippen molar-refractivity contribution in [3.05, 3.63) is 36.3 Å². The number of piperazine rings is 1. The number of aliphatic hydroxyl groups excluding tert-OH is 1. The third-order valence-corrected chi connectivity index (χ3v) is 3.86. The van der Waals surface area contributed by atoms with Crippen LogP contribution in [0.3, 0.4) is 0 Å². The van der Waals surface area contributed by atoms with Gasteiger partial charge in [-0.15, -0.1) is 0 Å². The SMILES string of the molecule is Cc1nc(Nc2ccccn2)cc(N2CCN(CCO)CC2)n1. The number of pyridine rings is 1. The van der Waals surface area contributed by atoms with Gasteiger partial charge in [-0.05, 0) is 19.1 Å². The van der Waals surface area contributed by atoms with Crippen LogP contribution in [0.15, 0.2) is 30.5 Å². The molecule has 3 rings (SSSR count). The average Bonchev–Trinajstić information content (AvgIpc) is 2.56. The predicted molar refractivity (Wildman–Crippen MR) is 90.0 cm³/mol. The van der Waals surface area contributed by atoms with Gasteiger partial charge in [0.1, 0.15) is 23.3 Å². The topological polar surface area (TPSA) is 77.4 Å². The molecule has 0 bridgehead atoms. The quantitative estimate of drug-likeness (QED) is 0.853. The second-order valence-electron chi connectivity index (χ2n) is 5.55. The molecular weight excluding hydrogens is 292 g/mol. The average molecular weight is 314 g/mol. The number of hydrogen-bond donors (Lipinski definition) is 2. The van der Waals surface area contributed by atoms with Crippen LogP contribution in [-0.2, 0) is 0 Å². The van der Waals surface area contributed by atoms with Crippen LogP contribution >= 0.6 is 0 Å². The van der Waals surface area contributed by atoms with E-state index < -0.39 is 0 Å². The Hall–Kier alpha value is -2.25. The standard InChI is InChI=1S/C16H22N6O/c1-13-18-15(20-14-4-2-3-5-17-14)12-16(19-13)22-8-6-21(7-9-22)10-11-23/h2-5,12,23H,6-11H2,1H3,(H,17,18,19,20). The molecule has 1 saturated heterocycles. The maximum absolute atomic E-state index is 9.02. The first-order valence-corrected chi connectivity index (χ1v) is 7.86. The highest BCUT2D eigenvalue weighted by Gasteiger charge is 2.18. The van der Waals surface area contributed by atoms with Gasteiger partial charge in [0, 0.05) is 45.0 Å². The number of aromatic nitrogens is 3. The second kappa shape index (κ2) is 7.34. The van der Waals surface area contributed by atoms with Gasteiger partial charge in [0.2, 0.25) is 0 Å². The number of nitrogens with one attached hydrogen (secondary N) is 1. The molecule has 1 aliphatic rings. The second-order valence-corrected chi connectivity index (χ2v) is 5.55. The highest BCUT2D eigenvalue weighted by molar-refractivity contribution is 5.56. The van der Waals surface area contributed by atoms with Gasteiger partial charge < -0.3 is 15.3 Å². The highest BCUT2D eigenvalue weighted by Crippen LogP contribution is 2.19. The lowest BCUT2D eigenvalue weighted by Crippen LogP contribution is -2.47. The van der Waals surface area contributed by atoms with Crippen molar-refractivity contribution in [2.24, 2.45) is 0 Å². The summed E-state index contributed by atoms with van der Waals surface area (Å²) in [5, 5.41) is 12.2. The first kappa shape index (κ1) is 15.6. The maximum atomic E-state index is 9.02. The van der Waals surface area contributed by atoms with Gasteiger partial charge in [0.15, 0.2) is 0 Å². The van der Waals surface area contributed by atoms with E-state index in [1.807, 2.05) is 31.2 Å². The molecule has 0 aliphatic carbocycles. The molecule has 0 saturated carbocycles. The van der Waals surface area contributed by atoms with Crippen molar-refractivity contribution in [3.63, 3.8) is 0 Å². The Balaban J connectivity index is 1.71. The van der Waals surface area contributed by atoms with E-state index in [0.717, 1.165) is 56.0 Å². The van der Waals surface area contributed by atoms with E-state index >= 15 is 0 Å². The minimum absolute atomic E-state index is 0.213. The van der Waals surface area contributed by atoms with Crippen LogP contribution in [0.25, 0.3) is 0 Å². The van der Waals surface area contributed by atoms with Crippen molar-refractivity contribution in [3.8, 4) is 0 Å². The highest BCUT2D eigenvalue weighted by atomic mass is 16.3. The predicted octanol–water partition coefficient (Wildman–Crippen LogP) is 1.04. The van der Waals surface area contributed by atoms with E-state index in [4.69, 9.17) is 5.11 Å². The minimum atomic E-state index is 0.213. The smallest absolute Gasteiger partial charge is 0.137 e. The maximum Gasteiger partial charge on any atom is 0.137 e. The monoisotopic (exact) mass is 314 g/mol. The molecule has 1 fully saturated rings. The number of β-amino-alcohol motifs (C(OH)–C–C–N with tert-alkyl or cyclic N) is 1. The van der Waals surface area contributed by atoms with Gasteiger partial charge in [0.25, 0.3) is 0 Å². The Morgan fingerprint density at radius 2 is 1.96 bits per heavy atom. The minimum Gasteiger partial charge on any atom is -0.395 e. The Bertz CT molecular complexity index is 628. The van der Waals surface area contributed by atoms with Crippen molar-refractivity contribution in [2.45, 2.75) is 6.92 Å². The molecule has 0 aromatic carbocycles. The van der Waals surface area contributed by atoms with Crippen LogP contribution in [0.4, 0.5) is 17.5 Å². The Labute approximate surface area is 136 Å². The third kappa shape index (κ3) is 4.14. The molecule has 2 aromatic rings. The van der Waals surface area contributed by atoms with Gasteiger partial charge in [-0.1, -0.05) is 6.07 Å². The molecule has 0 unspecified atom stereocenters.